The number of carbonyl (C=O) groups excluding carboxylic acids is 1. The summed E-state index contributed by atoms with van der Waals surface area (Å²) in [5, 5.41) is 0. The number of rotatable bonds is 4. The zero-order valence-corrected chi connectivity index (χ0v) is 15.3. The van der Waals surface area contributed by atoms with Crippen LogP contribution in [0.1, 0.15) is 22.3 Å². The first kappa shape index (κ1) is 17.4. The van der Waals surface area contributed by atoms with Gasteiger partial charge in [-0.05, 0) is 30.5 Å². The zero-order valence-electron chi connectivity index (χ0n) is 15.3. The van der Waals surface area contributed by atoms with Crippen LogP contribution in [0.2, 0.25) is 0 Å². The van der Waals surface area contributed by atoms with Gasteiger partial charge in [0.1, 0.15) is 0 Å². The summed E-state index contributed by atoms with van der Waals surface area (Å²) in [5.41, 5.74) is 11.3. The molecule has 27 heavy (non-hydrogen) atoms. The lowest BCUT2D eigenvalue weighted by atomic mass is 9.93. The Morgan fingerprint density at radius 3 is 2.56 bits per heavy atom. The lowest BCUT2D eigenvalue weighted by Crippen LogP contribution is -2.48. The molecule has 4 rings (SSSR count). The Morgan fingerprint density at radius 1 is 1.11 bits per heavy atom. The van der Waals surface area contributed by atoms with Crippen molar-refractivity contribution in [1.82, 2.24) is 14.9 Å². The molecule has 0 fully saturated rings. The molecule has 1 amide bonds. The third-order valence-corrected chi connectivity index (χ3v) is 5.04. The third-order valence-electron chi connectivity index (χ3n) is 5.04. The molecule has 2 heterocycles. The number of nitrogens with zero attached hydrogens (tertiary/aromatic N) is 3. The number of amides is 1. The molecule has 5 nitrogen and oxygen atoms in total. The molecule has 1 unspecified atom stereocenters. The summed E-state index contributed by atoms with van der Waals surface area (Å²) < 4.78 is 0. The van der Waals surface area contributed by atoms with Crippen molar-refractivity contribution in [2.75, 3.05) is 0 Å². The van der Waals surface area contributed by atoms with Gasteiger partial charge in [-0.2, -0.15) is 0 Å². The van der Waals surface area contributed by atoms with E-state index < -0.39 is 0 Å². The Kier molecular flexibility index (Phi) is 4.69. The van der Waals surface area contributed by atoms with Crippen LogP contribution in [0.5, 0.6) is 0 Å². The van der Waals surface area contributed by atoms with Gasteiger partial charge in [-0.15, -0.1) is 0 Å². The van der Waals surface area contributed by atoms with E-state index in [1.807, 2.05) is 36.7 Å². The first-order valence-electron chi connectivity index (χ1n) is 9.08. The number of nitrogens with two attached hydrogens (primary N) is 1. The monoisotopic (exact) mass is 358 g/mol. The molecule has 2 N–H and O–H groups in total. The van der Waals surface area contributed by atoms with E-state index >= 15 is 0 Å². The van der Waals surface area contributed by atoms with Crippen molar-refractivity contribution < 1.29 is 4.79 Å². The normalized spacial score (nSPS) is 16.7. The van der Waals surface area contributed by atoms with Gasteiger partial charge in [-0.3, -0.25) is 9.69 Å². The lowest BCUT2D eigenvalue weighted by Gasteiger charge is -2.34. The molecule has 0 saturated carbocycles. The summed E-state index contributed by atoms with van der Waals surface area (Å²) in [6.45, 7) is 3.34. The molecule has 1 aliphatic rings. The summed E-state index contributed by atoms with van der Waals surface area (Å²) in [4.78, 5) is 23.1. The molecule has 1 atom stereocenters. The largest absolute Gasteiger partial charge is 0.368 e. The molecule has 5 heteroatoms. The number of aryl methyl sites for hydroxylation is 1. The summed E-state index contributed by atoms with van der Waals surface area (Å²) in [5.74, 6) is 0.416. The summed E-state index contributed by atoms with van der Waals surface area (Å²) >= 11 is 0. The van der Waals surface area contributed by atoms with Crippen LogP contribution >= 0.6 is 0 Å². The van der Waals surface area contributed by atoms with Crippen LogP contribution in [0.3, 0.4) is 0 Å². The van der Waals surface area contributed by atoms with Gasteiger partial charge in [0.2, 0.25) is 5.91 Å². The maximum atomic E-state index is 12.0. The molecule has 1 aliphatic heterocycles. The predicted octanol–water partition coefficient (Wildman–Crippen LogP) is 2.86. The topological polar surface area (TPSA) is 72.1 Å². The second-order valence-electron chi connectivity index (χ2n) is 7.08. The molecule has 2 aromatic carbocycles. The van der Waals surface area contributed by atoms with Gasteiger partial charge < -0.3 is 5.73 Å². The lowest BCUT2D eigenvalue weighted by molar-refractivity contribution is -0.124. The van der Waals surface area contributed by atoms with E-state index in [-0.39, 0.29) is 11.9 Å². The van der Waals surface area contributed by atoms with Gasteiger partial charge in [0.25, 0.3) is 0 Å². The molecule has 3 aromatic rings. The average molecular weight is 358 g/mol. The second-order valence-corrected chi connectivity index (χ2v) is 7.08. The fourth-order valence-corrected chi connectivity index (χ4v) is 3.63. The van der Waals surface area contributed by atoms with Crippen LogP contribution < -0.4 is 5.73 Å². The highest BCUT2D eigenvalue weighted by Crippen LogP contribution is 2.25. The van der Waals surface area contributed by atoms with E-state index in [4.69, 9.17) is 5.73 Å². The Labute approximate surface area is 158 Å². The van der Waals surface area contributed by atoms with Gasteiger partial charge in [-0.1, -0.05) is 48.0 Å². The Balaban J connectivity index is 1.55. The van der Waals surface area contributed by atoms with Crippen molar-refractivity contribution in [3.05, 3.63) is 83.2 Å². The Morgan fingerprint density at radius 2 is 1.85 bits per heavy atom. The van der Waals surface area contributed by atoms with Crippen LogP contribution in [0.4, 0.5) is 0 Å². The van der Waals surface area contributed by atoms with Gasteiger partial charge in [0, 0.05) is 36.6 Å². The van der Waals surface area contributed by atoms with E-state index in [2.05, 4.69) is 46.1 Å². The van der Waals surface area contributed by atoms with Gasteiger partial charge in [0.05, 0.1) is 6.04 Å². The molecule has 0 radical (unpaired) electrons. The minimum atomic E-state index is -0.309. The highest BCUT2D eigenvalue weighted by atomic mass is 16.1. The summed E-state index contributed by atoms with van der Waals surface area (Å²) in [6, 6.07) is 16.0. The number of primary amides is 1. The molecule has 0 aliphatic carbocycles. The molecule has 0 spiro atoms. The number of hydrogen-bond acceptors (Lipinski definition) is 4. The standard InChI is InChI=1S/C22H22N4O/c1-15-5-4-8-18(9-15)22-24-11-16(12-25-22)13-26-14-19-7-3-2-6-17(19)10-20(26)21(23)27/h2-9,11-12,20H,10,13-14H2,1H3,(H2,23,27). The third kappa shape index (κ3) is 3.73. The van der Waals surface area contributed by atoms with Crippen LogP contribution in [0, 0.1) is 6.92 Å². The minimum absolute atomic E-state index is 0.290. The predicted molar refractivity (Wildman–Crippen MR) is 105 cm³/mol. The molecular formula is C22H22N4O. The molecule has 136 valence electrons. The van der Waals surface area contributed by atoms with Crippen molar-refractivity contribution in [1.29, 1.82) is 0 Å². The molecule has 1 aromatic heterocycles. The van der Waals surface area contributed by atoms with E-state index in [1.165, 1.54) is 16.7 Å². The number of aromatic nitrogens is 2. The number of fused-ring (bicyclic) bond motifs is 1. The van der Waals surface area contributed by atoms with Gasteiger partial charge in [0.15, 0.2) is 5.82 Å². The first-order valence-corrected chi connectivity index (χ1v) is 9.08. The maximum Gasteiger partial charge on any atom is 0.235 e. The van der Waals surface area contributed by atoms with Crippen molar-refractivity contribution >= 4 is 5.91 Å². The summed E-state index contributed by atoms with van der Waals surface area (Å²) in [7, 11) is 0. The second kappa shape index (κ2) is 7.29. The fourth-order valence-electron chi connectivity index (χ4n) is 3.63. The van der Waals surface area contributed by atoms with Crippen molar-refractivity contribution in [3.8, 4) is 11.4 Å². The maximum absolute atomic E-state index is 12.0. The van der Waals surface area contributed by atoms with Crippen LogP contribution in [-0.2, 0) is 24.3 Å². The Bertz CT molecular complexity index is 968. The molecule has 0 bridgehead atoms. The number of carbonyl (C=O) groups is 1. The SMILES string of the molecule is Cc1cccc(-c2ncc(CN3Cc4ccccc4CC3C(N)=O)cn2)c1. The quantitative estimate of drug-likeness (QED) is 0.778. The van der Waals surface area contributed by atoms with Gasteiger partial charge >= 0.3 is 0 Å². The molecular weight excluding hydrogens is 336 g/mol. The summed E-state index contributed by atoms with van der Waals surface area (Å²) in [6.07, 6.45) is 4.32. The van der Waals surface area contributed by atoms with E-state index in [0.717, 1.165) is 11.1 Å². The smallest absolute Gasteiger partial charge is 0.235 e. The minimum Gasteiger partial charge on any atom is -0.368 e. The van der Waals surface area contributed by atoms with Crippen molar-refractivity contribution in [2.24, 2.45) is 5.73 Å². The average Bonchev–Trinajstić information content (AvgIpc) is 2.68. The number of hydrogen-bond donors (Lipinski definition) is 1. The highest BCUT2D eigenvalue weighted by Gasteiger charge is 2.29. The van der Waals surface area contributed by atoms with E-state index in [1.54, 1.807) is 0 Å². The molecule has 0 saturated heterocycles. The zero-order chi connectivity index (χ0) is 18.8. The van der Waals surface area contributed by atoms with Crippen molar-refractivity contribution in [2.45, 2.75) is 32.5 Å². The Hall–Kier alpha value is -3.05. The first-order chi connectivity index (χ1) is 13.1. The van der Waals surface area contributed by atoms with Crippen LogP contribution in [-0.4, -0.2) is 26.8 Å². The highest BCUT2D eigenvalue weighted by molar-refractivity contribution is 5.80. The van der Waals surface area contributed by atoms with E-state index in [0.29, 0.717) is 25.3 Å². The van der Waals surface area contributed by atoms with Crippen molar-refractivity contribution in [3.63, 3.8) is 0 Å². The fraction of sp³-hybridized carbons (Fsp3) is 0.227. The van der Waals surface area contributed by atoms with Crippen LogP contribution in [0.25, 0.3) is 11.4 Å². The van der Waals surface area contributed by atoms with Crippen LogP contribution in [0.15, 0.2) is 60.9 Å². The van der Waals surface area contributed by atoms with E-state index in [9.17, 15) is 4.79 Å². The number of benzene rings is 2. The van der Waals surface area contributed by atoms with Gasteiger partial charge in [-0.25, -0.2) is 9.97 Å².